The SMILES string of the molecule is CCc1nc(N)nc(N)c1C#C[C@H](C)c1cc2c(c(-c3ccncc3)c1)OCO2. The van der Waals surface area contributed by atoms with Crippen LogP contribution in [0, 0.1) is 11.8 Å². The molecule has 0 radical (unpaired) electrons. The minimum atomic E-state index is -0.0771. The van der Waals surface area contributed by atoms with E-state index in [0.29, 0.717) is 23.6 Å². The second-order valence-corrected chi connectivity index (χ2v) is 6.67. The number of pyridine rings is 1. The molecule has 1 aliphatic rings. The van der Waals surface area contributed by atoms with Gasteiger partial charge in [0.15, 0.2) is 11.5 Å². The molecule has 0 aliphatic carbocycles. The molecule has 0 spiro atoms. The van der Waals surface area contributed by atoms with Crippen LogP contribution in [0.2, 0.25) is 0 Å². The van der Waals surface area contributed by atoms with Gasteiger partial charge in [0.25, 0.3) is 0 Å². The molecule has 1 aliphatic heterocycles. The number of rotatable bonds is 3. The summed E-state index contributed by atoms with van der Waals surface area (Å²) in [4.78, 5) is 12.4. The first-order valence-electron chi connectivity index (χ1n) is 9.34. The fraction of sp³-hybridized carbons (Fsp3) is 0.227. The first-order valence-corrected chi connectivity index (χ1v) is 9.34. The molecule has 7 heteroatoms. The third-order valence-electron chi connectivity index (χ3n) is 4.76. The molecule has 4 N–H and O–H groups in total. The molecule has 0 fully saturated rings. The summed E-state index contributed by atoms with van der Waals surface area (Å²) in [6.45, 7) is 4.21. The van der Waals surface area contributed by atoms with E-state index in [0.717, 1.165) is 28.1 Å². The second kappa shape index (κ2) is 7.68. The van der Waals surface area contributed by atoms with Gasteiger partial charge in [0.05, 0.1) is 11.3 Å². The third kappa shape index (κ3) is 3.65. The van der Waals surface area contributed by atoms with Crippen LogP contribution in [0.1, 0.15) is 36.6 Å². The maximum absolute atomic E-state index is 6.02. The first kappa shape index (κ1) is 18.6. The number of benzene rings is 1. The number of fused-ring (bicyclic) bond motifs is 1. The van der Waals surface area contributed by atoms with Crippen molar-refractivity contribution >= 4 is 11.8 Å². The van der Waals surface area contributed by atoms with Crippen molar-refractivity contribution in [2.24, 2.45) is 0 Å². The molecular weight excluding hydrogens is 366 g/mol. The minimum absolute atomic E-state index is 0.0771. The Bertz CT molecular complexity index is 1120. The number of nitrogens with zero attached hydrogens (tertiary/aromatic N) is 3. The highest BCUT2D eigenvalue weighted by Gasteiger charge is 2.21. The van der Waals surface area contributed by atoms with Crippen LogP contribution in [-0.4, -0.2) is 21.7 Å². The van der Waals surface area contributed by atoms with Crippen molar-refractivity contribution < 1.29 is 9.47 Å². The van der Waals surface area contributed by atoms with Crippen molar-refractivity contribution in [3.8, 4) is 34.5 Å². The molecule has 29 heavy (non-hydrogen) atoms. The Morgan fingerprint density at radius 2 is 1.93 bits per heavy atom. The molecule has 0 bridgehead atoms. The Labute approximate surface area is 169 Å². The smallest absolute Gasteiger partial charge is 0.231 e. The van der Waals surface area contributed by atoms with Gasteiger partial charge in [0.2, 0.25) is 12.7 Å². The lowest BCUT2D eigenvalue weighted by Gasteiger charge is -2.12. The Balaban J connectivity index is 1.73. The van der Waals surface area contributed by atoms with E-state index in [9.17, 15) is 0 Å². The van der Waals surface area contributed by atoms with Gasteiger partial charge in [0.1, 0.15) is 5.82 Å². The van der Waals surface area contributed by atoms with Gasteiger partial charge in [-0.25, -0.2) is 4.98 Å². The summed E-state index contributed by atoms with van der Waals surface area (Å²) >= 11 is 0. The molecular formula is C22H21N5O2. The molecule has 146 valence electrons. The zero-order valence-corrected chi connectivity index (χ0v) is 16.3. The molecule has 1 aromatic carbocycles. The number of anilines is 2. The predicted molar refractivity (Wildman–Crippen MR) is 111 cm³/mol. The highest BCUT2D eigenvalue weighted by Crippen LogP contribution is 2.43. The Morgan fingerprint density at radius 3 is 2.69 bits per heavy atom. The number of nitrogens with two attached hydrogens (primary N) is 2. The summed E-state index contributed by atoms with van der Waals surface area (Å²) in [5.41, 5.74) is 16.1. The highest BCUT2D eigenvalue weighted by atomic mass is 16.7. The molecule has 0 amide bonds. The second-order valence-electron chi connectivity index (χ2n) is 6.67. The average molecular weight is 387 g/mol. The molecule has 7 nitrogen and oxygen atoms in total. The molecule has 3 heterocycles. The standard InChI is InChI=1S/C22H21N5O2/c1-3-18-16(21(23)27-22(24)26-18)5-4-13(2)15-10-17(14-6-8-25-9-7-14)20-19(11-15)28-12-29-20/h6-11,13H,3,12H2,1-2H3,(H4,23,24,26,27)/t13-/m0/s1. The first-order chi connectivity index (χ1) is 14.1. The number of ether oxygens (including phenoxy) is 2. The maximum atomic E-state index is 6.02. The zero-order valence-electron chi connectivity index (χ0n) is 16.3. The number of aromatic nitrogens is 3. The Morgan fingerprint density at radius 1 is 1.14 bits per heavy atom. The van der Waals surface area contributed by atoms with Gasteiger partial charge in [-0.3, -0.25) is 4.98 Å². The van der Waals surface area contributed by atoms with Gasteiger partial charge < -0.3 is 20.9 Å². The van der Waals surface area contributed by atoms with E-state index in [-0.39, 0.29) is 18.7 Å². The molecule has 0 unspecified atom stereocenters. The molecule has 1 atom stereocenters. The zero-order chi connectivity index (χ0) is 20.4. The van der Waals surface area contributed by atoms with Gasteiger partial charge in [-0.15, -0.1) is 0 Å². The largest absolute Gasteiger partial charge is 0.454 e. The molecule has 0 saturated carbocycles. The summed E-state index contributed by atoms with van der Waals surface area (Å²) in [5.74, 6) is 8.25. The van der Waals surface area contributed by atoms with Crippen molar-refractivity contribution in [3.05, 3.63) is 53.5 Å². The van der Waals surface area contributed by atoms with Crippen LogP contribution in [0.3, 0.4) is 0 Å². The van der Waals surface area contributed by atoms with Crippen molar-refractivity contribution in [3.63, 3.8) is 0 Å². The molecule has 4 rings (SSSR count). The number of hydrogen-bond acceptors (Lipinski definition) is 7. The van der Waals surface area contributed by atoms with Gasteiger partial charge >= 0.3 is 0 Å². The van der Waals surface area contributed by atoms with Crippen LogP contribution in [-0.2, 0) is 6.42 Å². The van der Waals surface area contributed by atoms with Gasteiger partial charge in [0, 0.05) is 23.9 Å². The van der Waals surface area contributed by atoms with E-state index < -0.39 is 0 Å². The van der Waals surface area contributed by atoms with Crippen molar-refractivity contribution in [2.45, 2.75) is 26.2 Å². The van der Waals surface area contributed by atoms with Crippen LogP contribution in [0.25, 0.3) is 11.1 Å². The summed E-state index contributed by atoms with van der Waals surface area (Å²) in [7, 11) is 0. The van der Waals surface area contributed by atoms with Crippen molar-refractivity contribution in [2.75, 3.05) is 18.3 Å². The van der Waals surface area contributed by atoms with E-state index in [1.54, 1.807) is 12.4 Å². The summed E-state index contributed by atoms with van der Waals surface area (Å²) in [6.07, 6.45) is 4.18. The van der Waals surface area contributed by atoms with Crippen LogP contribution >= 0.6 is 0 Å². The fourth-order valence-corrected chi connectivity index (χ4v) is 3.23. The number of aryl methyl sites for hydroxylation is 1. The van der Waals surface area contributed by atoms with E-state index >= 15 is 0 Å². The van der Waals surface area contributed by atoms with E-state index in [1.807, 2.05) is 32.0 Å². The summed E-state index contributed by atoms with van der Waals surface area (Å²) in [5, 5.41) is 0. The normalized spacial score (nSPS) is 12.9. The van der Waals surface area contributed by atoms with Crippen molar-refractivity contribution in [1.82, 2.24) is 15.0 Å². The van der Waals surface area contributed by atoms with E-state index in [1.165, 1.54) is 0 Å². The molecule has 2 aromatic heterocycles. The van der Waals surface area contributed by atoms with Crippen LogP contribution in [0.5, 0.6) is 11.5 Å². The lowest BCUT2D eigenvalue weighted by molar-refractivity contribution is 0.174. The van der Waals surface area contributed by atoms with Gasteiger partial charge in [-0.1, -0.05) is 18.8 Å². The van der Waals surface area contributed by atoms with E-state index in [2.05, 4.69) is 32.9 Å². The molecule has 3 aromatic rings. The van der Waals surface area contributed by atoms with Gasteiger partial charge in [-0.05, 0) is 48.7 Å². The minimum Gasteiger partial charge on any atom is -0.454 e. The maximum Gasteiger partial charge on any atom is 0.231 e. The Kier molecular flexibility index (Phi) is 4.92. The summed E-state index contributed by atoms with van der Waals surface area (Å²) < 4.78 is 11.3. The average Bonchev–Trinajstić information content (AvgIpc) is 3.21. The van der Waals surface area contributed by atoms with Crippen LogP contribution < -0.4 is 20.9 Å². The lowest BCUT2D eigenvalue weighted by Crippen LogP contribution is -2.06. The predicted octanol–water partition coefficient (Wildman–Crippen LogP) is 3.15. The lowest BCUT2D eigenvalue weighted by atomic mass is 9.95. The quantitative estimate of drug-likeness (QED) is 0.664. The fourth-order valence-electron chi connectivity index (χ4n) is 3.23. The number of nitrogen functional groups attached to an aromatic ring is 2. The molecule has 0 saturated heterocycles. The van der Waals surface area contributed by atoms with Gasteiger partial charge in [-0.2, -0.15) is 4.98 Å². The Hall–Kier alpha value is -3.79. The monoisotopic (exact) mass is 387 g/mol. The summed E-state index contributed by atoms with van der Waals surface area (Å²) in [6, 6.07) is 7.93. The number of hydrogen-bond donors (Lipinski definition) is 2. The van der Waals surface area contributed by atoms with Crippen molar-refractivity contribution in [1.29, 1.82) is 0 Å². The third-order valence-corrected chi connectivity index (χ3v) is 4.76. The van der Waals surface area contributed by atoms with E-state index in [4.69, 9.17) is 20.9 Å². The topological polar surface area (TPSA) is 109 Å². The van der Waals surface area contributed by atoms with Crippen LogP contribution in [0.4, 0.5) is 11.8 Å². The highest BCUT2D eigenvalue weighted by molar-refractivity contribution is 5.75. The van der Waals surface area contributed by atoms with Crippen LogP contribution in [0.15, 0.2) is 36.7 Å².